The molecule has 0 unspecified atom stereocenters. The Labute approximate surface area is 180 Å². The van der Waals surface area contributed by atoms with Crippen molar-refractivity contribution in [1.29, 1.82) is 0 Å². The largest absolute Gasteiger partial charge is 0.497 e. The van der Waals surface area contributed by atoms with Crippen LogP contribution < -0.4 is 14.8 Å². The third-order valence-corrected chi connectivity index (χ3v) is 5.74. The third kappa shape index (κ3) is 6.23. The van der Waals surface area contributed by atoms with Gasteiger partial charge in [0.05, 0.1) is 13.2 Å². The van der Waals surface area contributed by atoms with E-state index >= 15 is 0 Å². The number of benzene rings is 2. The first kappa shape index (κ1) is 22.2. The first-order valence-corrected chi connectivity index (χ1v) is 10.9. The van der Waals surface area contributed by atoms with Gasteiger partial charge in [-0.15, -0.1) is 0 Å². The second-order valence-corrected chi connectivity index (χ2v) is 8.20. The first-order valence-electron chi connectivity index (χ1n) is 10.9. The number of carbonyl (C=O) groups is 1. The molecule has 0 radical (unpaired) electrons. The van der Waals surface area contributed by atoms with Crippen LogP contribution in [0.3, 0.4) is 0 Å². The number of carbonyl (C=O) groups excluding carboxylic acids is 1. The molecule has 1 saturated heterocycles. The summed E-state index contributed by atoms with van der Waals surface area (Å²) in [4.78, 5) is 14.9. The van der Waals surface area contributed by atoms with Crippen molar-refractivity contribution >= 4 is 5.91 Å². The maximum Gasteiger partial charge on any atom is 0.258 e. The van der Waals surface area contributed by atoms with Crippen molar-refractivity contribution in [2.45, 2.75) is 45.1 Å². The predicted molar refractivity (Wildman–Crippen MR) is 120 cm³/mol. The van der Waals surface area contributed by atoms with Gasteiger partial charge in [0.2, 0.25) is 0 Å². The Morgan fingerprint density at radius 2 is 1.53 bits per heavy atom. The van der Waals surface area contributed by atoms with Gasteiger partial charge in [-0.25, -0.2) is 0 Å². The highest BCUT2D eigenvalue weighted by Crippen LogP contribution is 2.26. The molecule has 162 valence electrons. The molecule has 0 spiro atoms. The summed E-state index contributed by atoms with van der Waals surface area (Å²) in [5, 5.41) is 3.07. The molecule has 0 aliphatic carbocycles. The second kappa shape index (κ2) is 11.0. The van der Waals surface area contributed by atoms with Gasteiger partial charge in [0.1, 0.15) is 11.5 Å². The van der Waals surface area contributed by atoms with Gasteiger partial charge in [0.25, 0.3) is 5.91 Å². The maximum atomic E-state index is 12.4. The Balaban J connectivity index is 1.56. The standard InChI is InChI=1S/C25H34N2O3/c1-19(2)20-7-13-23(14-8-20)30-18-25(28)26-17-24(27-15-5-4-6-16-27)21-9-11-22(29-3)12-10-21/h7-14,19,24H,4-6,15-18H2,1-3H3,(H,26,28)/t24-/m1/s1. The van der Waals surface area contributed by atoms with E-state index in [9.17, 15) is 4.79 Å². The minimum Gasteiger partial charge on any atom is -0.497 e. The van der Waals surface area contributed by atoms with Crippen LogP contribution >= 0.6 is 0 Å². The number of amides is 1. The molecule has 0 bridgehead atoms. The molecule has 1 amide bonds. The van der Waals surface area contributed by atoms with Crippen molar-refractivity contribution in [3.8, 4) is 11.5 Å². The Bertz CT molecular complexity index is 781. The smallest absolute Gasteiger partial charge is 0.258 e. The van der Waals surface area contributed by atoms with Crippen LogP contribution in [0.5, 0.6) is 11.5 Å². The van der Waals surface area contributed by atoms with Gasteiger partial charge in [0, 0.05) is 6.54 Å². The number of rotatable bonds is 9. The Morgan fingerprint density at radius 1 is 0.933 bits per heavy atom. The van der Waals surface area contributed by atoms with Crippen molar-refractivity contribution < 1.29 is 14.3 Å². The molecule has 2 aromatic carbocycles. The van der Waals surface area contributed by atoms with Gasteiger partial charge in [-0.05, 0) is 67.2 Å². The van der Waals surface area contributed by atoms with Crippen molar-refractivity contribution in [2.75, 3.05) is 33.4 Å². The number of methoxy groups -OCH3 is 1. The summed E-state index contributed by atoms with van der Waals surface area (Å²) in [5.41, 5.74) is 2.46. The summed E-state index contributed by atoms with van der Waals surface area (Å²) in [7, 11) is 1.67. The van der Waals surface area contributed by atoms with Gasteiger partial charge in [0.15, 0.2) is 6.61 Å². The van der Waals surface area contributed by atoms with E-state index in [4.69, 9.17) is 9.47 Å². The summed E-state index contributed by atoms with van der Waals surface area (Å²) < 4.78 is 11.0. The molecular formula is C25H34N2O3. The van der Waals surface area contributed by atoms with Gasteiger partial charge < -0.3 is 14.8 Å². The van der Waals surface area contributed by atoms with Crippen LogP contribution in [-0.4, -0.2) is 44.2 Å². The van der Waals surface area contributed by atoms with Crippen molar-refractivity contribution in [1.82, 2.24) is 10.2 Å². The number of likely N-dealkylation sites (tertiary alicyclic amines) is 1. The lowest BCUT2D eigenvalue weighted by Crippen LogP contribution is -2.41. The first-order chi connectivity index (χ1) is 14.6. The summed E-state index contributed by atoms with van der Waals surface area (Å²) in [6.45, 7) is 7.03. The summed E-state index contributed by atoms with van der Waals surface area (Å²) in [5.74, 6) is 1.94. The lowest BCUT2D eigenvalue weighted by molar-refractivity contribution is -0.123. The normalized spacial score (nSPS) is 15.6. The summed E-state index contributed by atoms with van der Waals surface area (Å²) in [6.07, 6.45) is 3.69. The average Bonchev–Trinajstić information content (AvgIpc) is 2.79. The molecule has 0 saturated carbocycles. The van der Waals surface area contributed by atoms with Crippen molar-refractivity contribution in [3.63, 3.8) is 0 Å². The highest BCUT2D eigenvalue weighted by atomic mass is 16.5. The van der Waals surface area contributed by atoms with Crippen molar-refractivity contribution in [2.24, 2.45) is 0 Å². The number of piperidine rings is 1. The number of hydrogen-bond acceptors (Lipinski definition) is 4. The van der Waals surface area contributed by atoms with E-state index in [1.54, 1.807) is 7.11 Å². The van der Waals surface area contributed by atoms with Crippen LogP contribution in [0.4, 0.5) is 0 Å². The number of hydrogen-bond donors (Lipinski definition) is 1. The Hall–Kier alpha value is -2.53. The van der Waals surface area contributed by atoms with E-state index in [0.29, 0.717) is 12.5 Å². The van der Waals surface area contributed by atoms with Gasteiger partial charge >= 0.3 is 0 Å². The van der Waals surface area contributed by atoms with Gasteiger partial charge in [-0.2, -0.15) is 0 Å². The maximum absolute atomic E-state index is 12.4. The van der Waals surface area contributed by atoms with E-state index in [1.807, 2.05) is 36.4 Å². The van der Waals surface area contributed by atoms with Gasteiger partial charge in [-0.1, -0.05) is 44.5 Å². The molecule has 1 heterocycles. The quantitative estimate of drug-likeness (QED) is 0.659. The molecule has 30 heavy (non-hydrogen) atoms. The number of nitrogens with one attached hydrogen (secondary N) is 1. The van der Waals surface area contributed by atoms with Crippen molar-refractivity contribution in [3.05, 3.63) is 59.7 Å². The Morgan fingerprint density at radius 3 is 2.13 bits per heavy atom. The molecule has 5 heteroatoms. The number of nitrogens with zero attached hydrogens (tertiary/aromatic N) is 1. The van der Waals surface area contributed by atoms with Crippen LogP contribution in [0, 0.1) is 0 Å². The minimum atomic E-state index is -0.0987. The highest BCUT2D eigenvalue weighted by molar-refractivity contribution is 5.77. The fraction of sp³-hybridized carbons (Fsp3) is 0.480. The molecule has 1 N–H and O–H groups in total. The fourth-order valence-corrected chi connectivity index (χ4v) is 3.87. The molecule has 1 fully saturated rings. The molecular weight excluding hydrogens is 376 g/mol. The molecule has 3 rings (SSSR count). The van der Waals surface area contributed by atoms with Crippen LogP contribution in [0.25, 0.3) is 0 Å². The highest BCUT2D eigenvalue weighted by Gasteiger charge is 2.23. The molecule has 1 aliphatic rings. The zero-order valence-corrected chi connectivity index (χ0v) is 18.4. The lowest BCUT2D eigenvalue weighted by atomic mass is 10.0. The van der Waals surface area contributed by atoms with E-state index in [1.165, 1.54) is 30.4 Å². The van der Waals surface area contributed by atoms with E-state index in [0.717, 1.165) is 24.6 Å². The van der Waals surface area contributed by atoms with Gasteiger partial charge in [-0.3, -0.25) is 9.69 Å². The average molecular weight is 411 g/mol. The zero-order valence-electron chi connectivity index (χ0n) is 18.4. The molecule has 1 aliphatic heterocycles. The van der Waals surface area contributed by atoms with Crippen LogP contribution in [-0.2, 0) is 4.79 Å². The van der Waals surface area contributed by atoms with Crippen LogP contribution in [0.15, 0.2) is 48.5 Å². The zero-order chi connectivity index (χ0) is 21.3. The molecule has 5 nitrogen and oxygen atoms in total. The minimum absolute atomic E-state index is 0.0242. The topological polar surface area (TPSA) is 50.8 Å². The molecule has 1 atom stereocenters. The molecule has 2 aromatic rings. The Kier molecular flexibility index (Phi) is 8.14. The third-order valence-electron chi connectivity index (χ3n) is 5.74. The second-order valence-electron chi connectivity index (χ2n) is 8.20. The fourth-order valence-electron chi connectivity index (χ4n) is 3.87. The lowest BCUT2D eigenvalue weighted by Gasteiger charge is -2.35. The van der Waals surface area contributed by atoms with E-state index < -0.39 is 0 Å². The SMILES string of the molecule is COc1ccc([C@@H](CNC(=O)COc2ccc(C(C)C)cc2)N2CCCCC2)cc1. The summed E-state index contributed by atoms with van der Waals surface area (Å²) >= 11 is 0. The molecule has 0 aromatic heterocycles. The summed E-state index contributed by atoms with van der Waals surface area (Å²) in [6, 6.07) is 16.3. The number of ether oxygens (including phenoxy) is 2. The predicted octanol–water partition coefficient (Wildman–Crippen LogP) is 4.54. The van der Waals surface area contributed by atoms with Crippen LogP contribution in [0.2, 0.25) is 0 Å². The van der Waals surface area contributed by atoms with E-state index in [2.05, 4.69) is 36.2 Å². The van der Waals surface area contributed by atoms with E-state index in [-0.39, 0.29) is 18.6 Å². The monoisotopic (exact) mass is 410 g/mol. The van der Waals surface area contributed by atoms with Crippen LogP contribution in [0.1, 0.15) is 56.2 Å².